The summed E-state index contributed by atoms with van der Waals surface area (Å²) >= 11 is 0. The van der Waals surface area contributed by atoms with Crippen molar-refractivity contribution in [1.29, 1.82) is 0 Å². The van der Waals surface area contributed by atoms with Gasteiger partial charge in [0.2, 0.25) is 11.4 Å². The van der Waals surface area contributed by atoms with Gasteiger partial charge in [0.1, 0.15) is 14.1 Å². The van der Waals surface area contributed by atoms with E-state index in [9.17, 15) is 0 Å². The number of nitrogens with zero attached hydrogens (tertiary/aromatic N) is 2. The van der Waals surface area contributed by atoms with Crippen LogP contribution in [0.25, 0.3) is 22.5 Å². The summed E-state index contributed by atoms with van der Waals surface area (Å²) < 4.78 is 4.87. The summed E-state index contributed by atoms with van der Waals surface area (Å²) in [7, 11) is 4.49. The van der Waals surface area contributed by atoms with E-state index in [1.54, 1.807) is 0 Å². The van der Waals surface area contributed by atoms with Crippen molar-refractivity contribution in [2.24, 2.45) is 14.1 Å². The molecule has 3 heterocycles. The highest BCUT2D eigenvalue weighted by Gasteiger charge is 2.42. The fourth-order valence-corrected chi connectivity index (χ4v) is 6.54. The lowest BCUT2D eigenvalue weighted by Gasteiger charge is -2.20. The molecule has 4 bridgehead atoms. The smallest absolute Gasteiger partial charge is 0.207 e. The molecule has 0 radical (unpaired) electrons. The van der Waals surface area contributed by atoms with Crippen LogP contribution in [0.4, 0.5) is 0 Å². The molecule has 2 aliphatic rings. The Balaban J connectivity index is 1.75. The summed E-state index contributed by atoms with van der Waals surface area (Å²) in [5.74, 6) is 0. The van der Waals surface area contributed by atoms with Gasteiger partial charge in [-0.3, -0.25) is 0 Å². The molecule has 4 aromatic rings. The van der Waals surface area contributed by atoms with E-state index in [4.69, 9.17) is 0 Å². The van der Waals surface area contributed by atoms with Crippen molar-refractivity contribution in [2.45, 2.75) is 33.6 Å². The van der Waals surface area contributed by atoms with E-state index >= 15 is 0 Å². The van der Waals surface area contributed by atoms with Crippen LogP contribution >= 0.6 is 0 Å². The van der Waals surface area contributed by atoms with Crippen LogP contribution in [-0.2, 0) is 20.5 Å². The first-order valence-electron chi connectivity index (χ1n) is 13.6. The Morgan fingerprint density at radius 3 is 1.71 bits per heavy atom. The van der Waals surface area contributed by atoms with Crippen LogP contribution in [0.1, 0.15) is 38.3 Å². The largest absolute Gasteiger partial charge is 0.405 e. The molecule has 0 amide bonds. The molecule has 2 aromatic heterocycles. The van der Waals surface area contributed by atoms with Gasteiger partial charge in [-0.2, -0.15) is 0 Å². The van der Waals surface area contributed by atoms with Crippen LogP contribution in [0.2, 0.25) is 0 Å². The number of pyridine rings is 2. The fraction of sp³-hybridized carbons (Fsp3) is 0.200. The molecule has 0 saturated heterocycles. The monoisotopic (exact) mass is 494 g/mol. The molecule has 2 aromatic carbocycles. The lowest BCUT2D eigenvalue weighted by Crippen LogP contribution is -2.68. The van der Waals surface area contributed by atoms with Gasteiger partial charge >= 0.3 is 6.71 Å². The minimum absolute atomic E-state index is 0.0965. The van der Waals surface area contributed by atoms with Crippen molar-refractivity contribution in [2.75, 3.05) is 0 Å². The third kappa shape index (κ3) is 4.07. The minimum Gasteiger partial charge on any atom is -0.207 e. The summed E-state index contributed by atoms with van der Waals surface area (Å²) in [6.45, 7) is 6.92. The van der Waals surface area contributed by atoms with Gasteiger partial charge in [-0.25, -0.2) is 9.13 Å². The molecular formula is C35H35BN2+2. The Morgan fingerprint density at radius 1 is 0.632 bits per heavy atom. The maximum absolute atomic E-state index is 2.43. The van der Waals surface area contributed by atoms with E-state index in [-0.39, 0.29) is 6.71 Å². The van der Waals surface area contributed by atoms with Gasteiger partial charge in [-0.1, -0.05) is 82.9 Å². The SMILES string of the molecule is CC1=CCC(C)=C(B2c3cccc([n+]3C)-c3ccccc3Cc3ccccc3-c3cccc2[n+]3C)C(C)=C1. The van der Waals surface area contributed by atoms with Crippen LogP contribution in [0.3, 0.4) is 0 Å². The van der Waals surface area contributed by atoms with Crippen molar-refractivity contribution in [3.63, 3.8) is 0 Å². The zero-order valence-corrected chi connectivity index (χ0v) is 23.1. The van der Waals surface area contributed by atoms with E-state index < -0.39 is 0 Å². The van der Waals surface area contributed by atoms with Gasteiger partial charge in [0, 0.05) is 23.3 Å². The Kier molecular flexibility index (Phi) is 6.23. The van der Waals surface area contributed by atoms with E-state index in [1.807, 2.05) is 0 Å². The Hall–Kier alpha value is -3.98. The maximum atomic E-state index is 2.43. The number of fused-ring (bicyclic) bond motifs is 8. The highest BCUT2D eigenvalue weighted by molar-refractivity contribution is 6.89. The van der Waals surface area contributed by atoms with Gasteiger partial charge in [0.05, 0.1) is 0 Å². The number of aromatic nitrogens is 2. The van der Waals surface area contributed by atoms with Gasteiger partial charge in [0.15, 0.2) is 11.2 Å². The van der Waals surface area contributed by atoms with Crippen molar-refractivity contribution >= 4 is 17.9 Å². The molecular weight excluding hydrogens is 459 g/mol. The van der Waals surface area contributed by atoms with Crippen molar-refractivity contribution in [1.82, 2.24) is 0 Å². The molecule has 0 unspecified atom stereocenters. The maximum Gasteiger partial charge on any atom is 0.405 e. The number of allylic oxidation sites excluding steroid dienone is 6. The Morgan fingerprint density at radius 2 is 1.16 bits per heavy atom. The normalized spacial score (nSPS) is 14.9. The predicted octanol–water partition coefficient (Wildman–Crippen LogP) is 5.33. The average Bonchev–Trinajstić information content (AvgIpc) is 3.03. The molecule has 0 saturated carbocycles. The van der Waals surface area contributed by atoms with Crippen LogP contribution in [-0.4, -0.2) is 6.71 Å². The first-order valence-corrected chi connectivity index (χ1v) is 13.6. The number of hydrogen-bond donors (Lipinski definition) is 0. The molecule has 0 fully saturated rings. The summed E-state index contributed by atoms with van der Waals surface area (Å²) in [5.41, 5.74) is 16.0. The zero-order valence-electron chi connectivity index (χ0n) is 23.1. The molecule has 38 heavy (non-hydrogen) atoms. The number of benzene rings is 2. The Labute approximate surface area is 227 Å². The minimum atomic E-state index is 0.0965. The number of hydrogen-bond acceptors (Lipinski definition) is 0. The van der Waals surface area contributed by atoms with Gasteiger partial charge in [-0.05, 0) is 69.0 Å². The van der Waals surface area contributed by atoms with Gasteiger partial charge in [0.25, 0.3) is 0 Å². The quantitative estimate of drug-likeness (QED) is 0.250. The van der Waals surface area contributed by atoms with E-state index in [0.717, 1.165) is 12.8 Å². The van der Waals surface area contributed by atoms with E-state index in [1.165, 1.54) is 67.0 Å². The third-order valence-electron chi connectivity index (χ3n) is 8.45. The first kappa shape index (κ1) is 24.4. The fourth-order valence-electron chi connectivity index (χ4n) is 6.54. The topological polar surface area (TPSA) is 7.76 Å². The van der Waals surface area contributed by atoms with E-state index in [2.05, 4.69) is 141 Å². The number of rotatable bonds is 1. The van der Waals surface area contributed by atoms with Crippen molar-refractivity contribution in [3.8, 4) is 22.5 Å². The molecule has 1 aliphatic carbocycles. The summed E-state index contributed by atoms with van der Waals surface area (Å²) in [6.07, 6.45) is 6.59. The molecule has 0 atom stereocenters. The highest BCUT2D eigenvalue weighted by atomic mass is 15.0. The molecule has 1 aliphatic heterocycles. The molecule has 2 nitrogen and oxygen atoms in total. The molecule has 6 rings (SSSR count). The lowest BCUT2D eigenvalue weighted by atomic mass is 9.37. The third-order valence-corrected chi connectivity index (χ3v) is 8.45. The van der Waals surface area contributed by atoms with Crippen LogP contribution in [0.15, 0.2) is 119 Å². The molecule has 186 valence electrons. The molecule has 0 spiro atoms. The van der Waals surface area contributed by atoms with Gasteiger partial charge < -0.3 is 0 Å². The van der Waals surface area contributed by atoms with Crippen LogP contribution < -0.4 is 20.3 Å². The molecule has 3 heteroatoms. The van der Waals surface area contributed by atoms with E-state index in [0.29, 0.717) is 0 Å². The van der Waals surface area contributed by atoms with Crippen molar-refractivity contribution < 1.29 is 9.13 Å². The molecule has 0 N–H and O–H groups in total. The average molecular weight is 494 g/mol. The Bertz CT molecular complexity index is 1580. The first-order chi connectivity index (χ1) is 18.4. The van der Waals surface area contributed by atoms with Crippen LogP contribution in [0.5, 0.6) is 0 Å². The highest BCUT2D eigenvalue weighted by Crippen LogP contribution is 2.30. The second-order valence-corrected chi connectivity index (χ2v) is 10.9. The second kappa shape index (κ2) is 9.72. The summed E-state index contributed by atoms with van der Waals surface area (Å²) in [6, 6.07) is 31.5. The summed E-state index contributed by atoms with van der Waals surface area (Å²) in [4.78, 5) is 0. The van der Waals surface area contributed by atoms with Crippen LogP contribution in [0, 0.1) is 0 Å². The lowest BCUT2D eigenvalue weighted by molar-refractivity contribution is -0.647. The van der Waals surface area contributed by atoms with Crippen molar-refractivity contribution in [3.05, 3.63) is 130 Å². The predicted molar refractivity (Wildman–Crippen MR) is 159 cm³/mol. The standard InChI is InChI=1S/C35H35BN2/c1-24-20-21-25(2)35(26(3)22-24)36-33-18-10-16-31(37(33)4)29-14-8-6-12-27(29)23-28-13-7-9-15-30(28)32-17-11-19-34(36)38(32)5/h6-20,22H,21,23H2,1-5H3/q+2. The second-order valence-electron chi connectivity index (χ2n) is 10.9. The zero-order chi connectivity index (χ0) is 26.4. The van der Waals surface area contributed by atoms with Gasteiger partial charge in [-0.15, -0.1) is 0 Å². The summed E-state index contributed by atoms with van der Waals surface area (Å²) in [5, 5.41) is 0.